The Morgan fingerprint density at radius 3 is 2.31 bits per heavy atom. The largest absolute Gasteiger partial charge is 0.480 e. The summed E-state index contributed by atoms with van der Waals surface area (Å²) < 4.78 is 5.21. The second-order valence-electron chi connectivity index (χ2n) is 7.59. The fourth-order valence-corrected chi connectivity index (χ4v) is 2.42. The van der Waals surface area contributed by atoms with E-state index in [0.29, 0.717) is 12.1 Å². The van der Waals surface area contributed by atoms with E-state index < -0.39 is 29.7 Å². The van der Waals surface area contributed by atoms with Gasteiger partial charge in [0.2, 0.25) is 0 Å². The molecule has 146 valence electrons. The SMILES string of the molecule is CC(C)[C@H](Nc1ccccc1C[C@@H](CO)NC(=O)OC(C)(C)C)C(=O)O. The Labute approximate surface area is 154 Å². The number of carbonyl (C=O) groups excluding carboxylic acids is 1. The number of alkyl carbamates (subject to hydrolysis) is 1. The van der Waals surface area contributed by atoms with Gasteiger partial charge < -0.3 is 25.6 Å². The molecule has 2 atom stereocenters. The summed E-state index contributed by atoms with van der Waals surface area (Å²) in [5, 5.41) is 24.7. The molecule has 1 aromatic rings. The van der Waals surface area contributed by atoms with Gasteiger partial charge in [-0.2, -0.15) is 0 Å². The van der Waals surface area contributed by atoms with Gasteiger partial charge in [-0.05, 0) is 44.7 Å². The van der Waals surface area contributed by atoms with Crippen LogP contribution in [0, 0.1) is 5.92 Å². The lowest BCUT2D eigenvalue weighted by Crippen LogP contribution is -2.42. The highest BCUT2D eigenvalue weighted by molar-refractivity contribution is 5.78. The number of carboxylic acids is 1. The van der Waals surface area contributed by atoms with Gasteiger partial charge in [0.15, 0.2) is 0 Å². The summed E-state index contributed by atoms with van der Waals surface area (Å²) >= 11 is 0. The Balaban J connectivity index is 2.88. The Morgan fingerprint density at radius 1 is 1.19 bits per heavy atom. The first kappa shape index (κ1) is 21.8. The van der Waals surface area contributed by atoms with Crippen molar-refractivity contribution in [2.75, 3.05) is 11.9 Å². The quantitative estimate of drug-likeness (QED) is 0.563. The Hall–Kier alpha value is -2.28. The highest BCUT2D eigenvalue weighted by atomic mass is 16.6. The summed E-state index contributed by atoms with van der Waals surface area (Å²) in [7, 11) is 0. The number of anilines is 1. The first-order valence-electron chi connectivity index (χ1n) is 8.71. The molecule has 0 heterocycles. The van der Waals surface area contributed by atoms with Crippen LogP contribution >= 0.6 is 0 Å². The van der Waals surface area contributed by atoms with E-state index in [1.165, 1.54) is 0 Å². The maximum absolute atomic E-state index is 11.9. The maximum Gasteiger partial charge on any atom is 0.407 e. The molecule has 0 saturated heterocycles. The van der Waals surface area contributed by atoms with Crippen molar-refractivity contribution < 1.29 is 24.5 Å². The highest BCUT2D eigenvalue weighted by Gasteiger charge is 2.23. The van der Waals surface area contributed by atoms with Crippen molar-refractivity contribution in [3.05, 3.63) is 29.8 Å². The zero-order valence-electron chi connectivity index (χ0n) is 16.1. The van der Waals surface area contributed by atoms with Crippen LogP contribution in [0.5, 0.6) is 0 Å². The van der Waals surface area contributed by atoms with E-state index in [-0.39, 0.29) is 12.5 Å². The second-order valence-corrected chi connectivity index (χ2v) is 7.59. The van der Waals surface area contributed by atoms with Gasteiger partial charge in [0.1, 0.15) is 11.6 Å². The minimum Gasteiger partial charge on any atom is -0.480 e. The summed E-state index contributed by atoms with van der Waals surface area (Å²) in [6.07, 6.45) is -0.267. The number of para-hydroxylation sites is 1. The van der Waals surface area contributed by atoms with Crippen LogP contribution in [-0.2, 0) is 16.0 Å². The van der Waals surface area contributed by atoms with Crippen molar-refractivity contribution >= 4 is 17.7 Å². The fourth-order valence-electron chi connectivity index (χ4n) is 2.42. The second kappa shape index (κ2) is 9.43. The van der Waals surface area contributed by atoms with Crippen molar-refractivity contribution in [3.8, 4) is 0 Å². The van der Waals surface area contributed by atoms with Gasteiger partial charge in [0.05, 0.1) is 12.6 Å². The monoisotopic (exact) mass is 366 g/mol. The Morgan fingerprint density at radius 2 is 1.81 bits per heavy atom. The van der Waals surface area contributed by atoms with Gasteiger partial charge in [-0.25, -0.2) is 9.59 Å². The molecule has 1 rings (SSSR count). The van der Waals surface area contributed by atoms with E-state index >= 15 is 0 Å². The van der Waals surface area contributed by atoms with E-state index in [0.717, 1.165) is 5.56 Å². The molecule has 0 spiro atoms. The predicted octanol–water partition coefficient (Wildman–Crippen LogP) is 2.64. The number of hydrogen-bond acceptors (Lipinski definition) is 5. The van der Waals surface area contributed by atoms with Gasteiger partial charge in [-0.3, -0.25) is 0 Å². The summed E-state index contributed by atoms with van der Waals surface area (Å²) in [5.41, 5.74) is 0.836. The zero-order valence-corrected chi connectivity index (χ0v) is 16.1. The fraction of sp³-hybridized carbons (Fsp3) is 0.579. The topological polar surface area (TPSA) is 108 Å². The van der Waals surface area contributed by atoms with E-state index in [1.54, 1.807) is 32.9 Å². The van der Waals surface area contributed by atoms with Crippen molar-refractivity contribution in [2.45, 2.75) is 58.7 Å². The molecule has 0 aliphatic carbocycles. The minimum absolute atomic E-state index is 0.103. The molecule has 26 heavy (non-hydrogen) atoms. The number of nitrogens with one attached hydrogen (secondary N) is 2. The maximum atomic E-state index is 11.9. The van der Waals surface area contributed by atoms with Gasteiger partial charge in [-0.1, -0.05) is 32.0 Å². The lowest BCUT2D eigenvalue weighted by Gasteiger charge is -2.24. The Bertz CT molecular complexity index is 610. The minimum atomic E-state index is -0.930. The molecule has 0 aliphatic rings. The molecule has 0 aromatic heterocycles. The number of hydrogen-bond donors (Lipinski definition) is 4. The van der Waals surface area contributed by atoms with Crippen LogP contribution in [0.15, 0.2) is 24.3 Å². The number of aliphatic hydroxyl groups is 1. The lowest BCUT2D eigenvalue weighted by atomic mass is 10.0. The third kappa shape index (κ3) is 7.31. The molecule has 4 N–H and O–H groups in total. The molecule has 0 fully saturated rings. The third-order valence-electron chi connectivity index (χ3n) is 3.67. The average Bonchev–Trinajstić information content (AvgIpc) is 2.50. The van der Waals surface area contributed by atoms with Gasteiger partial charge in [-0.15, -0.1) is 0 Å². The third-order valence-corrected chi connectivity index (χ3v) is 3.67. The molecule has 7 heteroatoms. The number of amides is 1. The van der Waals surface area contributed by atoms with Crippen LogP contribution in [0.3, 0.4) is 0 Å². The Kier molecular flexibility index (Phi) is 7.89. The molecular formula is C19H30N2O5. The zero-order chi connectivity index (χ0) is 19.9. The molecule has 0 bridgehead atoms. The molecule has 7 nitrogen and oxygen atoms in total. The van der Waals surface area contributed by atoms with Crippen LogP contribution in [0.2, 0.25) is 0 Å². The first-order chi connectivity index (χ1) is 12.0. The molecule has 0 radical (unpaired) electrons. The first-order valence-corrected chi connectivity index (χ1v) is 8.71. The highest BCUT2D eigenvalue weighted by Crippen LogP contribution is 2.20. The molecule has 0 unspecified atom stereocenters. The number of carbonyl (C=O) groups is 2. The number of ether oxygens (including phenoxy) is 1. The molecule has 1 aromatic carbocycles. The molecule has 0 aliphatic heterocycles. The number of aliphatic hydroxyl groups excluding tert-OH is 1. The van der Waals surface area contributed by atoms with Crippen molar-refractivity contribution in [1.82, 2.24) is 5.32 Å². The summed E-state index contributed by atoms with van der Waals surface area (Å²) in [5.74, 6) is -1.03. The van der Waals surface area contributed by atoms with E-state index in [9.17, 15) is 19.8 Å². The van der Waals surface area contributed by atoms with Crippen LogP contribution in [0.1, 0.15) is 40.2 Å². The normalized spacial score (nSPS) is 13.8. The average molecular weight is 366 g/mol. The number of carboxylic acid groups (broad SMARTS) is 1. The van der Waals surface area contributed by atoms with Crippen molar-refractivity contribution in [3.63, 3.8) is 0 Å². The predicted molar refractivity (Wildman–Crippen MR) is 100 cm³/mol. The van der Waals surface area contributed by atoms with Crippen LogP contribution in [0.4, 0.5) is 10.5 Å². The smallest absolute Gasteiger partial charge is 0.407 e. The van der Waals surface area contributed by atoms with E-state index in [4.69, 9.17) is 4.74 Å². The van der Waals surface area contributed by atoms with Gasteiger partial charge in [0, 0.05) is 5.69 Å². The van der Waals surface area contributed by atoms with Crippen LogP contribution < -0.4 is 10.6 Å². The van der Waals surface area contributed by atoms with E-state index in [1.807, 2.05) is 26.0 Å². The van der Waals surface area contributed by atoms with Gasteiger partial charge in [0.25, 0.3) is 0 Å². The molecule has 0 saturated carbocycles. The standard InChI is InChI=1S/C19H30N2O5/c1-12(2)16(17(23)24)21-15-9-7-6-8-13(15)10-14(11-22)20-18(25)26-19(3,4)5/h6-9,12,14,16,21-22H,10-11H2,1-5H3,(H,20,25)(H,23,24)/t14-,16-/m0/s1. The van der Waals surface area contributed by atoms with Gasteiger partial charge >= 0.3 is 12.1 Å². The number of benzene rings is 1. The van der Waals surface area contributed by atoms with Crippen LogP contribution in [0.25, 0.3) is 0 Å². The number of aliphatic carboxylic acids is 1. The molecular weight excluding hydrogens is 336 g/mol. The number of rotatable bonds is 8. The summed E-state index contributed by atoms with van der Waals surface area (Å²) in [6, 6.07) is 5.97. The molecule has 1 amide bonds. The van der Waals surface area contributed by atoms with Crippen LogP contribution in [-0.4, -0.2) is 46.6 Å². The van der Waals surface area contributed by atoms with Crippen molar-refractivity contribution in [1.29, 1.82) is 0 Å². The van der Waals surface area contributed by atoms with Crippen molar-refractivity contribution in [2.24, 2.45) is 5.92 Å². The van der Waals surface area contributed by atoms with E-state index in [2.05, 4.69) is 10.6 Å². The summed E-state index contributed by atoms with van der Waals surface area (Å²) in [6.45, 7) is 8.68. The summed E-state index contributed by atoms with van der Waals surface area (Å²) in [4.78, 5) is 23.4. The lowest BCUT2D eigenvalue weighted by molar-refractivity contribution is -0.138.